The highest BCUT2D eigenvalue weighted by atomic mass is 16.5. The largest absolute Gasteiger partial charge is 0.496 e. The molecule has 5 nitrogen and oxygen atoms in total. The van der Waals surface area contributed by atoms with Gasteiger partial charge in [0, 0.05) is 19.1 Å². The van der Waals surface area contributed by atoms with Gasteiger partial charge in [-0.25, -0.2) is 0 Å². The van der Waals surface area contributed by atoms with Crippen LogP contribution in [-0.4, -0.2) is 49.9 Å². The smallest absolute Gasteiger partial charge is 0.122 e. The fourth-order valence-electron chi connectivity index (χ4n) is 4.19. The Bertz CT molecular complexity index is 578. The van der Waals surface area contributed by atoms with Crippen molar-refractivity contribution in [2.75, 3.05) is 26.8 Å². The second-order valence-electron chi connectivity index (χ2n) is 7.36. The van der Waals surface area contributed by atoms with E-state index in [0.717, 1.165) is 50.3 Å². The standard InChI is InChI=1S/C20H30N2O3/c1-15-7-8-16(13-20(15)24-2)10-12-25-19-6-4-3-5-18(19)22-11-9-17(14-22)21-23/h7-8,13,17-19H,3-6,9-12,14H2,1-2H3/t17-,18+,19+/m1/s1. The van der Waals surface area contributed by atoms with Crippen LogP contribution in [0.5, 0.6) is 5.75 Å². The summed E-state index contributed by atoms with van der Waals surface area (Å²) in [5.74, 6) is 0.942. The molecule has 2 fully saturated rings. The first kappa shape index (κ1) is 18.3. The molecule has 0 aromatic heterocycles. The van der Waals surface area contributed by atoms with E-state index in [0.29, 0.717) is 6.04 Å². The second kappa shape index (κ2) is 8.77. The molecular formula is C20H30N2O3. The Morgan fingerprint density at radius 3 is 2.84 bits per heavy atom. The number of nitroso groups, excluding NO2 is 1. The van der Waals surface area contributed by atoms with E-state index >= 15 is 0 Å². The van der Waals surface area contributed by atoms with Gasteiger partial charge in [0.05, 0.1) is 19.8 Å². The van der Waals surface area contributed by atoms with Gasteiger partial charge in [-0.1, -0.05) is 30.2 Å². The second-order valence-corrected chi connectivity index (χ2v) is 7.36. The predicted molar refractivity (Wildman–Crippen MR) is 99.2 cm³/mol. The van der Waals surface area contributed by atoms with Crippen molar-refractivity contribution in [2.24, 2.45) is 5.18 Å². The Kier molecular flexibility index (Phi) is 6.43. The third-order valence-electron chi connectivity index (χ3n) is 5.68. The SMILES string of the molecule is COc1cc(CCO[C@H]2CCCC[C@@H]2N2CC[C@@H](N=O)C2)ccc1C. The molecule has 1 saturated heterocycles. The number of benzene rings is 1. The molecule has 1 aliphatic heterocycles. The molecule has 0 spiro atoms. The number of ether oxygens (including phenoxy) is 2. The molecule has 1 heterocycles. The first-order valence-electron chi connectivity index (χ1n) is 9.53. The van der Waals surface area contributed by atoms with Crippen LogP contribution in [-0.2, 0) is 11.2 Å². The minimum atomic E-state index is -0.0254. The summed E-state index contributed by atoms with van der Waals surface area (Å²) in [5, 5.41) is 3.24. The molecule has 0 N–H and O–H groups in total. The van der Waals surface area contributed by atoms with Crippen LogP contribution in [0, 0.1) is 11.8 Å². The van der Waals surface area contributed by atoms with Crippen molar-refractivity contribution in [3.8, 4) is 5.75 Å². The Labute approximate surface area is 150 Å². The molecule has 1 aliphatic carbocycles. The van der Waals surface area contributed by atoms with Gasteiger partial charge in [0.2, 0.25) is 0 Å². The van der Waals surface area contributed by atoms with Crippen LogP contribution < -0.4 is 4.74 Å². The van der Waals surface area contributed by atoms with Gasteiger partial charge in [-0.2, -0.15) is 4.91 Å². The molecule has 0 unspecified atom stereocenters. The maximum Gasteiger partial charge on any atom is 0.122 e. The third kappa shape index (κ3) is 4.59. The van der Waals surface area contributed by atoms with Gasteiger partial charge in [-0.3, -0.25) is 4.90 Å². The minimum Gasteiger partial charge on any atom is -0.496 e. The lowest BCUT2D eigenvalue weighted by Gasteiger charge is -2.37. The van der Waals surface area contributed by atoms with Crippen molar-refractivity contribution in [3.63, 3.8) is 0 Å². The van der Waals surface area contributed by atoms with Crippen LogP contribution in [0.4, 0.5) is 0 Å². The molecule has 0 bridgehead atoms. The molecule has 0 amide bonds. The molecule has 2 aliphatic rings. The zero-order valence-corrected chi connectivity index (χ0v) is 15.4. The van der Waals surface area contributed by atoms with Crippen LogP contribution in [0.3, 0.4) is 0 Å². The van der Waals surface area contributed by atoms with Crippen molar-refractivity contribution >= 4 is 0 Å². The third-order valence-corrected chi connectivity index (χ3v) is 5.68. The lowest BCUT2D eigenvalue weighted by atomic mass is 9.91. The van der Waals surface area contributed by atoms with Crippen LogP contribution in [0.1, 0.15) is 43.2 Å². The summed E-state index contributed by atoms with van der Waals surface area (Å²) in [4.78, 5) is 13.2. The monoisotopic (exact) mass is 346 g/mol. The molecule has 1 saturated carbocycles. The summed E-state index contributed by atoms with van der Waals surface area (Å²) in [6, 6.07) is 6.79. The van der Waals surface area contributed by atoms with E-state index in [-0.39, 0.29) is 12.1 Å². The molecule has 1 aromatic carbocycles. The summed E-state index contributed by atoms with van der Waals surface area (Å²) in [5.41, 5.74) is 2.41. The van der Waals surface area contributed by atoms with Gasteiger partial charge in [0.1, 0.15) is 11.8 Å². The van der Waals surface area contributed by atoms with E-state index < -0.39 is 0 Å². The summed E-state index contributed by atoms with van der Waals surface area (Å²) in [6.07, 6.45) is 6.88. The molecule has 25 heavy (non-hydrogen) atoms. The zero-order chi connectivity index (χ0) is 17.6. The highest BCUT2D eigenvalue weighted by Gasteiger charge is 2.35. The normalized spacial score (nSPS) is 27.4. The molecule has 3 atom stereocenters. The summed E-state index contributed by atoms with van der Waals surface area (Å²) in [6.45, 7) is 4.58. The van der Waals surface area contributed by atoms with E-state index in [4.69, 9.17) is 9.47 Å². The van der Waals surface area contributed by atoms with Gasteiger partial charge in [0.15, 0.2) is 0 Å². The van der Waals surface area contributed by atoms with Crippen LogP contribution in [0.15, 0.2) is 23.4 Å². The van der Waals surface area contributed by atoms with Crippen molar-refractivity contribution in [2.45, 2.75) is 63.6 Å². The Morgan fingerprint density at radius 1 is 1.24 bits per heavy atom. The highest BCUT2D eigenvalue weighted by molar-refractivity contribution is 5.36. The maximum atomic E-state index is 10.8. The Morgan fingerprint density at radius 2 is 2.08 bits per heavy atom. The van der Waals surface area contributed by atoms with Gasteiger partial charge < -0.3 is 9.47 Å². The zero-order valence-electron chi connectivity index (χ0n) is 15.4. The average molecular weight is 346 g/mol. The number of likely N-dealkylation sites (tertiary alicyclic amines) is 1. The lowest BCUT2D eigenvalue weighted by Crippen LogP contribution is -2.46. The van der Waals surface area contributed by atoms with Gasteiger partial charge in [-0.15, -0.1) is 0 Å². The van der Waals surface area contributed by atoms with Gasteiger partial charge >= 0.3 is 0 Å². The predicted octanol–water partition coefficient (Wildman–Crippen LogP) is 3.71. The topological polar surface area (TPSA) is 51.1 Å². The summed E-state index contributed by atoms with van der Waals surface area (Å²) >= 11 is 0. The van der Waals surface area contributed by atoms with E-state index in [1.165, 1.54) is 24.8 Å². The maximum absolute atomic E-state index is 10.8. The molecular weight excluding hydrogens is 316 g/mol. The summed E-state index contributed by atoms with van der Waals surface area (Å²) in [7, 11) is 1.72. The van der Waals surface area contributed by atoms with E-state index in [1.807, 2.05) is 0 Å². The number of methoxy groups -OCH3 is 1. The van der Waals surface area contributed by atoms with E-state index in [2.05, 4.69) is 35.2 Å². The fourth-order valence-corrected chi connectivity index (χ4v) is 4.19. The first-order chi connectivity index (χ1) is 12.2. The number of nitrogens with zero attached hydrogens (tertiary/aromatic N) is 2. The number of aryl methyl sites for hydroxylation is 1. The van der Waals surface area contributed by atoms with E-state index in [1.54, 1.807) is 7.11 Å². The quantitative estimate of drug-likeness (QED) is 0.706. The molecule has 1 aromatic rings. The van der Waals surface area contributed by atoms with Gasteiger partial charge in [-0.05, 0) is 49.8 Å². The van der Waals surface area contributed by atoms with Crippen LogP contribution >= 0.6 is 0 Å². The number of hydrogen-bond acceptors (Lipinski definition) is 5. The molecule has 0 radical (unpaired) electrons. The Balaban J connectivity index is 1.53. The summed E-state index contributed by atoms with van der Waals surface area (Å²) < 4.78 is 11.7. The minimum absolute atomic E-state index is 0.0254. The highest BCUT2D eigenvalue weighted by Crippen LogP contribution is 2.29. The number of rotatable bonds is 7. The van der Waals surface area contributed by atoms with Crippen molar-refractivity contribution in [3.05, 3.63) is 34.2 Å². The molecule has 3 rings (SSSR count). The Hall–Kier alpha value is -1.46. The van der Waals surface area contributed by atoms with E-state index in [9.17, 15) is 4.91 Å². The average Bonchev–Trinajstić information content (AvgIpc) is 3.12. The number of hydrogen-bond donors (Lipinski definition) is 0. The van der Waals surface area contributed by atoms with Crippen molar-refractivity contribution in [1.29, 1.82) is 0 Å². The van der Waals surface area contributed by atoms with Crippen LogP contribution in [0.2, 0.25) is 0 Å². The van der Waals surface area contributed by atoms with Crippen molar-refractivity contribution < 1.29 is 9.47 Å². The van der Waals surface area contributed by atoms with Crippen LogP contribution in [0.25, 0.3) is 0 Å². The molecule has 138 valence electrons. The van der Waals surface area contributed by atoms with Gasteiger partial charge in [0.25, 0.3) is 0 Å². The fraction of sp³-hybridized carbons (Fsp3) is 0.700. The molecule has 5 heteroatoms. The van der Waals surface area contributed by atoms with Crippen molar-refractivity contribution in [1.82, 2.24) is 4.90 Å². The first-order valence-corrected chi connectivity index (χ1v) is 9.53. The lowest BCUT2D eigenvalue weighted by molar-refractivity contribution is -0.0293.